The van der Waals surface area contributed by atoms with Crippen molar-refractivity contribution in [1.82, 2.24) is 15.1 Å². The second kappa shape index (κ2) is 5.82. The van der Waals surface area contributed by atoms with Crippen LogP contribution in [0.3, 0.4) is 0 Å². The van der Waals surface area contributed by atoms with E-state index in [0.717, 1.165) is 19.7 Å². The quantitative estimate of drug-likeness (QED) is 0.874. The van der Waals surface area contributed by atoms with Crippen LogP contribution in [0.1, 0.15) is 26.3 Å². The van der Waals surface area contributed by atoms with Gasteiger partial charge in [-0.3, -0.25) is 4.68 Å². The first-order valence-corrected chi connectivity index (χ1v) is 6.50. The Labute approximate surface area is 108 Å². The zero-order valence-electron chi connectivity index (χ0n) is 11.5. The van der Waals surface area contributed by atoms with Gasteiger partial charge in [-0.05, 0) is 20.8 Å². The molecule has 18 heavy (non-hydrogen) atoms. The molecule has 0 aliphatic carbocycles. The number of rotatable bonds is 4. The Morgan fingerprint density at radius 3 is 2.89 bits per heavy atom. The van der Waals surface area contributed by atoms with Crippen LogP contribution in [0.5, 0.6) is 0 Å². The highest BCUT2D eigenvalue weighted by molar-refractivity contribution is 5.04. The van der Waals surface area contributed by atoms with Gasteiger partial charge in [-0.25, -0.2) is 0 Å². The first-order chi connectivity index (χ1) is 8.55. The molecule has 1 aliphatic heterocycles. The summed E-state index contributed by atoms with van der Waals surface area (Å²) in [5, 5.41) is 7.75. The van der Waals surface area contributed by atoms with E-state index in [-0.39, 0.29) is 11.6 Å². The summed E-state index contributed by atoms with van der Waals surface area (Å²) in [7, 11) is 0. The van der Waals surface area contributed by atoms with Gasteiger partial charge < -0.3 is 14.8 Å². The fourth-order valence-electron chi connectivity index (χ4n) is 1.85. The van der Waals surface area contributed by atoms with Crippen molar-refractivity contribution in [3.05, 3.63) is 18.0 Å². The zero-order chi connectivity index (χ0) is 13.0. The highest BCUT2D eigenvalue weighted by atomic mass is 16.6. The van der Waals surface area contributed by atoms with Crippen molar-refractivity contribution in [3.8, 4) is 0 Å². The highest BCUT2D eigenvalue weighted by Crippen LogP contribution is 2.13. The Morgan fingerprint density at radius 2 is 2.28 bits per heavy atom. The van der Waals surface area contributed by atoms with Crippen molar-refractivity contribution in [3.63, 3.8) is 0 Å². The summed E-state index contributed by atoms with van der Waals surface area (Å²) in [6.45, 7) is 10.2. The second-order valence-corrected chi connectivity index (χ2v) is 5.66. The Hall–Kier alpha value is -0.910. The van der Waals surface area contributed by atoms with Crippen LogP contribution in [-0.4, -0.2) is 42.2 Å². The van der Waals surface area contributed by atoms with E-state index in [1.54, 1.807) is 0 Å². The molecule has 0 aromatic carbocycles. The summed E-state index contributed by atoms with van der Waals surface area (Å²) < 4.78 is 12.9. The Balaban J connectivity index is 1.74. The number of ether oxygens (including phenoxy) is 2. The summed E-state index contributed by atoms with van der Waals surface area (Å²) in [6.07, 6.45) is 4.18. The molecule has 1 saturated heterocycles. The molecule has 0 amide bonds. The van der Waals surface area contributed by atoms with Crippen LogP contribution in [0.15, 0.2) is 12.4 Å². The molecule has 1 aromatic rings. The molecule has 5 nitrogen and oxygen atoms in total. The van der Waals surface area contributed by atoms with Gasteiger partial charge >= 0.3 is 0 Å². The smallest absolute Gasteiger partial charge is 0.0933 e. The van der Waals surface area contributed by atoms with Crippen molar-refractivity contribution < 1.29 is 9.47 Å². The lowest BCUT2D eigenvalue weighted by molar-refractivity contribution is -0.0864. The monoisotopic (exact) mass is 253 g/mol. The molecule has 2 heterocycles. The van der Waals surface area contributed by atoms with Gasteiger partial charge in [-0.15, -0.1) is 0 Å². The number of nitrogens with one attached hydrogen (secondary N) is 1. The number of aromatic nitrogens is 2. The summed E-state index contributed by atoms with van der Waals surface area (Å²) in [4.78, 5) is 0. The van der Waals surface area contributed by atoms with Gasteiger partial charge in [0.05, 0.1) is 37.7 Å². The summed E-state index contributed by atoms with van der Waals surface area (Å²) in [6, 6.07) is 0. The molecule has 1 aliphatic rings. The molecule has 0 radical (unpaired) electrons. The van der Waals surface area contributed by atoms with E-state index in [4.69, 9.17) is 9.47 Å². The van der Waals surface area contributed by atoms with Crippen LogP contribution in [0.4, 0.5) is 0 Å². The molecule has 1 atom stereocenters. The van der Waals surface area contributed by atoms with Gasteiger partial charge in [-0.2, -0.15) is 5.10 Å². The lowest BCUT2D eigenvalue weighted by atomic mass is 10.1. The van der Waals surface area contributed by atoms with E-state index in [9.17, 15) is 0 Å². The Morgan fingerprint density at radius 1 is 1.44 bits per heavy atom. The van der Waals surface area contributed by atoms with Crippen molar-refractivity contribution in [2.75, 3.05) is 26.4 Å². The third-order valence-corrected chi connectivity index (χ3v) is 2.91. The molecule has 102 valence electrons. The maximum absolute atomic E-state index is 5.57. The minimum Gasteiger partial charge on any atom is -0.376 e. The van der Waals surface area contributed by atoms with Gasteiger partial charge in [0.2, 0.25) is 0 Å². The molecule has 2 rings (SSSR count). The summed E-state index contributed by atoms with van der Waals surface area (Å²) >= 11 is 0. The third-order valence-electron chi connectivity index (χ3n) is 2.91. The molecular formula is C13H23N3O2. The number of nitrogens with zero attached hydrogens (tertiary/aromatic N) is 2. The second-order valence-electron chi connectivity index (χ2n) is 5.66. The molecule has 0 bridgehead atoms. The normalized spacial score (nSPS) is 21.2. The highest BCUT2D eigenvalue weighted by Gasteiger charge is 2.15. The van der Waals surface area contributed by atoms with Crippen LogP contribution in [0.2, 0.25) is 0 Å². The SMILES string of the molecule is CC(C)(C)n1cc(CNCC2COCCO2)cn1. The van der Waals surface area contributed by atoms with E-state index in [2.05, 4.69) is 37.4 Å². The van der Waals surface area contributed by atoms with Crippen LogP contribution < -0.4 is 5.32 Å². The number of hydrogen-bond donors (Lipinski definition) is 1. The van der Waals surface area contributed by atoms with Crippen LogP contribution in [-0.2, 0) is 21.6 Å². The topological polar surface area (TPSA) is 48.3 Å². The van der Waals surface area contributed by atoms with Crippen LogP contribution in [0.25, 0.3) is 0 Å². The predicted octanol–water partition coefficient (Wildman–Crippen LogP) is 1.14. The first kappa shape index (κ1) is 13.5. The minimum atomic E-state index is 0.0402. The van der Waals surface area contributed by atoms with E-state index in [0.29, 0.717) is 13.2 Å². The zero-order valence-corrected chi connectivity index (χ0v) is 11.5. The molecule has 1 N–H and O–H groups in total. The summed E-state index contributed by atoms with van der Waals surface area (Å²) in [5.74, 6) is 0. The molecule has 5 heteroatoms. The molecule has 0 spiro atoms. The van der Waals surface area contributed by atoms with Gasteiger partial charge in [-0.1, -0.05) is 0 Å². The predicted molar refractivity (Wildman–Crippen MR) is 69.5 cm³/mol. The van der Waals surface area contributed by atoms with Crippen molar-refractivity contribution in [2.24, 2.45) is 0 Å². The maximum atomic E-state index is 5.57. The molecule has 1 unspecified atom stereocenters. The largest absolute Gasteiger partial charge is 0.376 e. The van der Waals surface area contributed by atoms with Gasteiger partial charge in [0.15, 0.2) is 0 Å². The molecule has 1 fully saturated rings. The van der Waals surface area contributed by atoms with E-state index in [1.165, 1.54) is 5.56 Å². The summed E-state index contributed by atoms with van der Waals surface area (Å²) in [5.41, 5.74) is 1.24. The number of hydrogen-bond acceptors (Lipinski definition) is 4. The maximum Gasteiger partial charge on any atom is 0.0933 e. The fraction of sp³-hybridized carbons (Fsp3) is 0.769. The third kappa shape index (κ3) is 3.80. The first-order valence-electron chi connectivity index (χ1n) is 6.50. The molecule has 0 saturated carbocycles. The van der Waals surface area contributed by atoms with E-state index >= 15 is 0 Å². The van der Waals surface area contributed by atoms with Gasteiger partial charge in [0.25, 0.3) is 0 Å². The average Bonchev–Trinajstić information content (AvgIpc) is 2.79. The van der Waals surface area contributed by atoms with Crippen molar-refractivity contribution in [2.45, 2.75) is 39.0 Å². The van der Waals surface area contributed by atoms with Gasteiger partial charge in [0.1, 0.15) is 0 Å². The van der Waals surface area contributed by atoms with Crippen LogP contribution in [0, 0.1) is 0 Å². The fourth-order valence-corrected chi connectivity index (χ4v) is 1.85. The van der Waals surface area contributed by atoms with Crippen molar-refractivity contribution >= 4 is 0 Å². The Kier molecular flexibility index (Phi) is 4.37. The lowest BCUT2D eigenvalue weighted by Gasteiger charge is -2.23. The van der Waals surface area contributed by atoms with Crippen molar-refractivity contribution in [1.29, 1.82) is 0 Å². The molecule has 1 aromatic heterocycles. The Bertz CT molecular complexity index is 365. The molecular weight excluding hydrogens is 230 g/mol. The van der Waals surface area contributed by atoms with E-state index < -0.39 is 0 Å². The minimum absolute atomic E-state index is 0.0402. The lowest BCUT2D eigenvalue weighted by Crippen LogP contribution is -2.37. The average molecular weight is 253 g/mol. The van der Waals surface area contributed by atoms with Gasteiger partial charge in [0, 0.05) is 24.8 Å². The van der Waals surface area contributed by atoms with E-state index in [1.807, 2.05) is 10.9 Å². The standard InChI is InChI=1S/C13H23N3O2/c1-13(2,3)16-9-11(7-15-16)6-14-8-12-10-17-4-5-18-12/h7,9,12,14H,4-6,8,10H2,1-3H3. The van der Waals surface area contributed by atoms with Crippen LogP contribution >= 0.6 is 0 Å².